The van der Waals surface area contributed by atoms with Crippen molar-refractivity contribution in [3.05, 3.63) is 112 Å². The molecule has 54 heavy (non-hydrogen) atoms. The number of pyridine rings is 1. The van der Waals surface area contributed by atoms with E-state index in [1.807, 2.05) is 36.0 Å². The van der Waals surface area contributed by atoms with E-state index < -0.39 is 0 Å². The largest absolute Gasteiger partial charge is 0.381 e. The Morgan fingerprint density at radius 2 is 1.65 bits per heavy atom. The normalized spacial score (nSPS) is 15.3. The third-order valence-corrected chi connectivity index (χ3v) is 10.3. The highest BCUT2D eigenvalue weighted by atomic mass is 19.1. The van der Waals surface area contributed by atoms with Gasteiger partial charge in [0.25, 0.3) is 11.8 Å². The molecule has 0 bridgehead atoms. The predicted molar refractivity (Wildman–Crippen MR) is 209 cm³/mol. The third kappa shape index (κ3) is 8.62. The van der Waals surface area contributed by atoms with Crippen LogP contribution < -0.4 is 21.3 Å². The van der Waals surface area contributed by atoms with E-state index in [9.17, 15) is 9.59 Å². The van der Waals surface area contributed by atoms with Crippen molar-refractivity contribution in [3.8, 4) is 11.1 Å². The zero-order chi connectivity index (χ0) is 37.4. The maximum absolute atomic E-state index is 15.1. The fourth-order valence-electron chi connectivity index (χ4n) is 7.33. The van der Waals surface area contributed by atoms with Crippen LogP contribution in [-0.4, -0.2) is 76.9 Å². The molecule has 0 saturated carbocycles. The lowest BCUT2D eigenvalue weighted by Crippen LogP contribution is -2.42. The number of piperazine rings is 1. The molecule has 0 spiro atoms. The molecule has 0 aliphatic carbocycles. The van der Waals surface area contributed by atoms with Crippen LogP contribution >= 0.6 is 0 Å². The summed E-state index contributed by atoms with van der Waals surface area (Å²) < 4.78 is 22.6. The molecule has 2 amide bonds. The van der Waals surface area contributed by atoms with Gasteiger partial charge in [-0.25, -0.2) is 14.1 Å². The van der Waals surface area contributed by atoms with E-state index in [-0.39, 0.29) is 36.8 Å². The van der Waals surface area contributed by atoms with Gasteiger partial charge in [0, 0.05) is 99.6 Å². The summed E-state index contributed by atoms with van der Waals surface area (Å²) in [5.74, 6) is -0.935. The van der Waals surface area contributed by atoms with Crippen LogP contribution in [0.5, 0.6) is 0 Å². The number of nitrogens with one attached hydrogen (secondary N) is 4. The molecule has 3 aromatic carbocycles. The maximum Gasteiger partial charge on any atom is 0.251 e. The molecule has 2 fully saturated rings. The molecule has 5 aromatic rings. The Morgan fingerprint density at radius 3 is 2.39 bits per heavy atom. The van der Waals surface area contributed by atoms with Crippen LogP contribution in [0.2, 0.25) is 0 Å². The first kappa shape index (κ1) is 37.2. The van der Waals surface area contributed by atoms with E-state index >= 15 is 4.39 Å². The summed E-state index contributed by atoms with van der Waals surface area (Å²) in [7, 11) is 0. The Kier molecular flexibility index (Phi) is 11.9. The predicted octanol–water partition coefficient (Wildman–Crippen LogP) is 5.68. The Labute approximate surface area is 315 Å². The molecule has 11 nitrogen and oxygen atoms in total. The van der Waals surface area contributed by atoms with Crippen molar-refractivity contribution in [3.63, 3.8) is 0 Å². The Hall–Kier alpha value is -5.17. The molecule has 2 aromatic heterocycles. The number of carbonyl (C=O) groups excluding carboxylic acids is 2. The highest BCUT2D eigenvalue weighted by Gasteiger charge is 2.22. The quantitative estimate of drug-likeness (QED) is 0.122. The summed E-state index contributed by atoms with van der Waals surface area (Å²) in [5, 5.41) is 18.7. The number of hydrogen-bond donors (Lipinski definition) is 4. The summed E-state index contributed by atoms with van der Waals surface area (Å²) in [4.78, 5) is 34.3. The number of nitrogens with zero attached hydrogens (tertiary/aromatic N) is 4. The van der Waals surface area contributed by atoms with Crippen LogP contribution in [0.3, 0.4) is 0 Å². The number of aryl methyl sites for hydroxylation is 2. The summed E-state index contributed by atoms with van der Waals surface area (Å²) >= 11 is 0. The van der Waals surface area contributed by atoms with Crippen LogP contribution in [0.1, 0.15) is 69.8 Å². The number of benzene rings is 3. The van der Waals surface area contributed by atoms with Crippen LogP contribution in [0.25, 0.3) is 22.2 Å². The van der Waals surface area contributed by atoms with Gasteiger partial charge in [0.05, 0.1) is 17.3 Å². The molecule has 2 aliphatic heterocycles. The van der Waals surface area contributed by atoms with Crippen molar-refractivity contribution in [2.24, 2.45) is 0 Å². The monoisotopic (exact) mass is 732 g/mol. The molecular weight excluding hydrogens is 684 g/mol. The number of rotatable bonds is 13. The van der Waals surface area contributed by atoms with E-state index in [4.69, 9.17) is 9.72 Å². The molecule has 282 valence electrons. The second kappa shape index (κ2) is 17.3. The minimum atomic E-state index is -0.327. The smallest absolute Gasteiger partial charge is 0.251 e. The summed E-state index contributed by atoms with van der Waals surface area (Å²) in [6, 6.07) is 19.8. The van der Waals surface area contributed by atoms with E-state index in [1.54, 1.807) is 36.4 Å². The van der Waals surface area contributed by atoms with Gasteiger partial charge in [-0.15, -0.1) is 0 Å². The number of carbonyl (C=O) groups is 2. The Morgan fingerprint density at radius 1 is 0.907 bits per heavy atom. The van der Waals surface area contributed by atoms with Crippen LogP contribution in [0.4, 0.5) is 10.1 Å². The molecular formula is C42H49FN8O3. The van der Waals surface area contributed by atoms with Gasteiger partial charge in [0.1, 0.15) is 5.82 Å². The van der Waals surface area contributed by atoms with Gasteiger partial charge < -0.3 is 26.0 Å². The number of hydrogen-bond acceptors (Lipinski definition) is 8. The van der Waals surface area contributed by atoms with E-state index in [1.165, 1.54) is 6.07 Å². The Balaban J connectivity index is 1.02. The molecule has 0 radical (unpaired) electrons. The van der Waals surface area contributed by atoms with Crippen molar-refractivity contribution in [1.29, 1.82) is 0 Å². The first-order valence-corrected chi connectivity index (χ1v) is 19.1. The summed E-state index contributed by atoms with van der Waals surface area (Å²) in [6.45, 7) is 11.4. The van der Waals surface area contributed by atoms with Gasteiger partial charge in [-0.05, 0) is 79.3 Å². The average molecular weight is 733 g/mol. The summed E-state index contributed by atoms with van der Waals surface area (Å²) in [6.07, 6.45) is 4.32. The second-order valence-electron chi connectivity index (χ2n) is 14.0. The minimum Gasteiger partial charge on any atom is -0.381 e. The number of halogens is 1. The van der Waals surface area contributed by atoms with Gasteiger partial charge in [-0.2, -0.15) is 5.10 Å². The van der Waals surface area contributed by atoms with Gasteiger partial charge in [-0.3, -0.25) is 14.5 Å². The molecule has 4 N–H and O–H groups in total. The van der Waals surface area contributed by atoms with Crippen molar-refractivity contribution >= 4 is 28.5 Å². The van der Waals surface area contributed by atoms with Crippen LogP contribution in [-0.2, 0) is 37.3 Å². The molecule has 2 aliphatic rings. The SMILES string of the molecule is CCc1nc2c(cnn2CC)c(NC2CCOCC2)c1CNC(=O)c1cccc(C(=O)NCc2ccc(F)c(-c3cccc(CN4CCNCC4)c3)c2)c1. The van der Waals surface area contributed by atoms with Crippen molar-refractivity contribution in [2.45, 2.75) is 65.3 Å². The van der Waals surface area contributed by atoms with E-state index in [0.717, 1.165) is 90.2 Å². The Bertz CT molecular complexity index is 2110. The number of amides is 2. The molecule has 2 saturated heterocycles. The fraction of sp³-hybridized carbons (Fsp3) is 0.381. The zero-order valence-electron chi connectivity index (χ0n) is 31.1. The first-order chi connectivity index (χ1) is 26.4. The van der Waals surface area contributed by atoms with Crippen molar-refractivity contribution < 1.29 is 18.7 Å². The summed E-state index contributed by atoms with van der Waals surface area (Å²) in [5.41, 5.74) is 7.53. The molecule has 0 unspecified atom stereocenters. The highest BCUT2D eigenvalue weighted by Crippen LogP contribution is 2.31. The minimum absolute atomic E-state index is 0.204. The molecule has 0 atom stereocenters. The van der Waals surface area contributed by atoms with Crippen LogP contribution in [0.15, 0.2) is 72.9 Å². The second-order valence-corrected chi connectivity index (χ2v) is 14.0. The number of anilines is 1. The molecule has 12 heteroatoms. The van der Waals surface area contributed by atoms with E-state index in [0.29, 0.717) is 42.9 Å². The molecule has 4 heterocycles. The lowest BCUT2D eigenvalue weighted by atomic mass is 10.00. The zero-order valence-corrected chi connectivity index (χ0v) is 31.1. The van der Waals surface area contributed by atoms with Gasteiger partial charge in [0.15, 0.2) is 5.65 Å². The van der Waals surface area contributed by atoms with Crippen molar-refractivity contribution in [1.82, 2.24) is 35.6 Å². The van der Waals surface area contributed by atoms with E-state index in [2.05, 4.69) is 44.3 Å². The lowest BCUT2D eigenvalue weighted by Gasteiger charge is -2.27. The number of ether oxygens (including phenoxy) is 1. The number of aromatic nitrogens is 3. The van der Waals surface area contributed by atoms with Gasteiger partial charge >= 0.3 is 0 Å². The van der Waals surface area contributed by atoms with Gasteiger partial charge in [0.2, 0.25) is 0 Å². The topological polar surface area (TPSA) is 125 Å². The highest BCUT2D eigenvalue weighted by molar-refractivity contribution is 6.00. The van der Waals surface area contributed by atoms with Gasteiger partial charge in [-0.1, -0.05) is 37.3 Å². The lowest BCUT2D eigenvalue weighted by molar-refractivity contribution is 0.0904. The standard InChI is InChI=1S/C42H49FN8O3/c1-3-38-35(39(48-33-13-19-54-20-14-33)36-26-47-51(4-2)40(36)49-38)25-46-42(53)32-10-6-9-31(23-32)41(52)45-24-28-11-12-37(43)34(22-28)30-8-5-7-29(21-30)27-50-17-15-44-16-18-50/h5-12,21-23,26,33,44H,3-4,13-20,24-25,27H2,1-2H3,(H,45,52)(H,46,53)(H,48,49). The average Bonchev–Trinajstić information content (AvgIpc) is 3.63. The third-order valence-electron chi connectivity index (χ3n) is 10.3. The van der Waals surface area contributed by atoms with Crippen LogP contribution in [0, 0.1) is 5.82 Å². The first-order valence-electron chi connectivity index (χ1n) is 19.1. The number of fused-ring (bicyclic) bond motifs is 1. The maximum atomic E-state index is 15.1. The molecule has 7 rings (SSSR count). The van der Waals surface area contributed by atoms with Crippen molar-refractivity contribution in [2.75, 3.05) is 44.7 Å². The fourth-order valence-corrected chi connectivity index (χ4v) is 7.33.